The van der Waals surface area contributed by atoms with Crippen molar-refractivity contribution in [1.29, 1.82) is 0 Å². The number of nitrogens with zero attached hydrogens (tertiary/aromatic N) is 1. The second kappa shape index (κ2) is 5.61. The first-order valence-corrected chi connectivity index (χ1v) is 5.71. The topological polar surface area (TPSA) is 15.3 Å². The summed E-state index contributed by atoms with van der Waals surface area (Å²) in [6.07, 6.45) is 1.38. The van der Waals surface area contributed by atoms with Gasteiger partial charge in [0.2, 0.25) is 0 Å². The fourth-order valence-corrected chi connectivity index (χ4v) is 2.20. The molecule has 1 heterocycles. The van der Waals surface area contributed by atoms with Crippen molar-refractivity contribution in [3.8, 4) is 0 Å². The Balaban J connectivity index is 2.26. The van der Waals surface area contributed by atoms with E-state index in [-0.39, 0.29) is 0 Å². The zero-order chi connectivity index (χ0) is 9.68. The van der Waals surface area contributed by atoms with Crippen molar-refractivity contribution in [3.05, 3.63) is 0 Å². The predicted octanol–water partition coefficient (Wildman–Crippen LogP) is 1.57. The van der Waals surface area contributed by atoms with Crippen molar-refractivity contribution in [2.24, 2.45) is 11.8 Å². The molecule has 1 aliphatic rings. The predicted molar refractivity (Wildman–Crippen MR) is 57.9 cm³/mol. The molecule has 1 rings (SSSR count). The summed E-state index contributed by atoms with van der Waals surface area (Å²) >= 11 is 0. The molecule has 0 aromatic rings. The molecule has 2 atom stereocenters. The molecule has 1 N–H and O–H groups in total. The Morgan fingerprint density at radius 1 is 1.38 bits per heavy atom. The Morgan fingerprint density at radius 2 is 2.15 bits per heavy atom. The van der Waals surface area contributed by atoms with Gasteiger partial charge in [0, 0.05) is 6.54 Å². The van der Waals surface area contributed by atoms with Crippen LogP contribution in [0.5, 0.6) is 0 Å². The van der Waals surface area contributed by atoms with Crippen LogP contribution in [0, 0.1) is 11.8 Å². The van der Waals surface area contributed by atoms with Crippen molar-refractivity contribution in [2.75, 3.05) is 32.7 Å². The molecule has 78 valence electrons. The van der Waals surface area contributed by atoms with E-state index in [2.05, 4.69) is 31.0 Å². The van der Waals surface area contributed by atoms with E-state index in [1.54, 1.807) is 0 Å². The molecule has 0 amide bonds. The first-order valence-electron chi connectivity index (χ1n) is 5.71. The smallest absolute Gasteiger partial charge is 0.00100 e. The molecule has 1 aliphatic heterocycles. The monoisotopic (exact) mass is 184 g/mol. The molecule has 2 unspecified atom stereocenters. The largest absolute Gasteiger partial charge is 0.317 e. The van der Waals surface area contributed by atoms with E-state index in [0.29, 0.717) is 0 Å². The third-order valence-corrected chi connectivity index (χ3v) is 3.27. The number of hydrogen-bond donors (Lipinski definition) is 1. The highest BCUT2D eigenvalue weighted by Crippen LogP contribution is 2.22. The summed E-state index contributed by atoms with van der Waals surface area (Å²) in [5.41, 5.74) is 0. The van der Waals surface area contributed by atoms with Crippen LogP contribution >= 0.6 is 0 Å². The normalized spacial score (nSPS) is 30.7. The van der Waals surface area contributed by atoms with Gasteiger partial charge in [0.05, 0.1) is 0 Å². The Bertz CT molecular complexity index is 136. The number of nitrogens with one attached hydrogen (secondary N) is 1. The molecular formula is C11H24N2. The van der Waals surface area contributed by atoms with Crippen LogP contribution in [0.1, 0.15) is 27.2 Å². The van der Waals surface area contributed by atoms with Crippen LogP contribution in [-0.4, -0.2) is 37.6 Å². The summed E-state index contributed by atoms with van der Waals surface area (Å²) in [5, 5.41) is 3.46. The van der Waals surface area contributed by atoms with E-state index >= 15 is 0 Å². The average Bonchev–Trinajstić information content (AvgIpc) is 2.16. The molecule has 2 nitrogen and oxygen atoms in total. The van der Waals surface area contributed by atoms with Crippen LogP contribution in [-0.2, 0) is 0 Å². The number of rotatable bonds is 4. The summed E-state index contributed by atoms with van der Waals surface area (Å²) in [6.45, 7) is 13.0. The summed E-state index contributed by atoms with van der Waals surface area (Å²) in [6, 6.07) is 0. The van der Waals surface area contributed by atoms with Gasteiger partial charge in [-0.2, -0.15) is 0 Å². The maximum atomic E-state index is 3.46. The molecule has 1 saturated heterocycles. The van der Waals surface area contributed by atoms with Gasteiger partial charge in [-0.15, -0.1) is 0 Å². The zero-order valence-corrected chi connectivity index (χ0v) is 9.34. The standard InChI is InChI=1S/C11H24N2/c1-4-12-8-11-6-7-13(5-2)9-10(11)3/h10-12H,4-9H2,1-3H3. The van der Waals surface area contributed by atoms with Gasteiger partial charge >= 0.3 is 0 Å². The molecule has 0 radical (unpaired) electrons. The highest BCUT2D eigenvalue weighted by atomic mass is 15.1. The first kappa shape index (κ1) is 11.0. The SMILES string of the molecule is CCNCC1CCN(CC)CC1C. The minimum Gasteiger partial charge on any atom is -0.317 e. The molecule has 1 fully saturated rings. The maximum Gasteiger partial charge on any atom is 0.00100 e. The molecule has 0 spiro atoms. The van der Waals surface area contributed by atoms with E-state index in [9.17, 15) is 0 Å². The van der Waals surface area contributed by atoms with Crippen LogP contribution < -0.4 is 5.32 Å². The lowest BCUT2D eigenvalue weighted by Crippen LogP contribution is -2.42. The zero-order valence-electron chi connectivity index (χ0n) is 9.34. The van der Waals surface area contributed by atoms with E-state index in [1.807, 2.05) is 0 Å². The Kier molecular flexibility index (Phi) is 4.74. The highest BCUT2D eigenvalue weighted by Gasteiger charge is 2.24. The lowest BCUT2D eigenvalue weighted by Gasteiger charge is -2.36. The van der Waals surface area contributed by atoms with Gasteiger partial charge in [-0.25, -0.2) is 0 Å². The van der Waals surface area contributed by atoms with Gasteiger partial charge in [-0.1, -0.05) is 20.8 Å². The van der Waals surface area contributed by atoms with Crippen molar-refractivity contribution < 1.29 is 0 Å². The van der Waals surface area contributed by atoms with Gasteiger partial charge in [0.1, 0.15) is 0 Å². The lowest BCUT2D eigenvalue weighted by molar-refractivity contribution is 0.134. The molecule has 0 bridgehead atoms. The van der Waals surface area contributed by atoms with E-state index < -0.39 is 0 Å². The minimum absolute atomic E-state index is 0.868. The van der Waals surface area contributed by atoms with Gasteiger partial charge in [0.25, 0.3) is 0 Å². The number of hydrogen-bond acceptors (Lipinski definition) is 2. The van der Waals surface area contributed by atoms with Crippen LogP contribution in [0.2, 0.25) is 0 Å². The van der Waals surface area contributed by atoms with E-state index in [1.165, 1.54) is 32.6 Å². The second-order valence-electron chi connectivity index (χ2n) is 4.23. The van der Waals surface area contributed by atoms with Gasteiger partial charge in [-0.3, -0.25) is 0 Å². The number of likely N-dealkylation sites (tertiary alicyclic amines) is 1. The van der Waals surface area contributed by atoms with Crippen LogP contribution in [0.25, 0.3) is 0 Å². The van der Waals surface area contributed by atoms with Crippen LogP contribution in [0.3, 0.4) is 0 Å². The Labute approximate surface area is 82.7 Å². The summed E-state index contributed by atoms with van der Waals surface area (Å²) in [7, 11) is 0. The lowest BCUT2D eigenvalue weighted by atomic mass is 9.87. The molecule has 0 aliphatic carbocycles. The van der Waals surface area contributed by atoms with Gasteiger partial charge < -0.3 is 10.2 Å². The van der Waals surface area contributed by atoms with E-state index in [0.717, 1.165) is 18.4 Å². The van der Waals surface area contributed by atoms with E-state index in [4.69, 9.17) is 0 Å². The van der Waals surface area contributed by atoms with Crippen molar-refractivity contribution in [2.45, 2.75) is 27.2 Å². The third kappa shape index (κ3) is 3.28. The average molecular weight is 184 g/mol. The van der Waals surface area contributed by atoms with Crippen molar-refractivity contribution in [3.63, 3.8) is 0 Å². The second-order valence-corrected chi connectivity index (χ2v) is 4.23. The molecular weight excluding hydrogens is 160 g/mol. The Hall–Kier alpha value is -0.0800. The fraction of sp³-hybridized carbons (Fsp3) is 1.00. The maximum absolute atomic E-state index is 3.46. The molecule has 13 heavy (non-hydrogen) atoms. The molecule has 0 aromatic heterocycles. The molecule has 0 aromatic carbocycles. The summed E-state index contributed by atoms with van der Waals surface area (Å²) < 4.78 is 0. The van der Waals surface area contributed by atoms with Crippen molar-refractivity contribution >= 4 is 0 Å². The summed E-state index contributed by atoms with van der Waals surface area (Å²) in [4.78, 5) is 2.56. The third-order valence-electron chi connectivity index (χ3n) is 3.27. The molecule has 2 heteroatoms. The van der Waals surface area contributed by atoms with Gasteiger partial charge in [0.15, 0.2) is 0 Å². The fourth-order valence-electron chi connectivity index (χ4n) is 2.20. The van der Waals surface area contributed by atoms with Crippen LogP contribution in [0.15, 0.2) is 0 Å². The summed E-state index contributed by atoms with van der Waals surface area (Å²) in [5.74, 6) is 1.77. The highest BCUT2D eigenvalue weighted by molar-refractivity contribution is 4.78. The first-order chi connectivity index (χ1) is 6.27. The van der Waals surface area contributed by atoms with Crippen LogP contribution in [0.4, 0.5) is 0 Å². The Morgan fingerprint density at radius 3 is 2.69 bits per heavy atom. The quantitative estimate of drug-likeness (QED) is 0.713. The minimum atomic E-state index is 0.868. The molecule has 0 saturated carbocycles. The van der Waals surface area contributed by atoms with Crippen molar-refractivity contribution in [1.82, 2.24) is 10.2 Å². The number of piperidine rings is 1. The van der Waals surface area contributed by atoms with Gasteiger partial charge in [-0.05, 0) is 44.4 Å².